The van der Waals surface area contributed by atoms with Crippen LogP contribution in [0.4, 0.5) is 10.2 Å². The number of hydrogen-bond acceptors (Lipinski definition) is 5. The van der Waals surface area contributed by atoms with Gasteiger partial charge in [0.2, 0.25) is 0 Å². The maximum atomic E-state index is 14.3. The van der Waals surface area contributed by atoms with E-state index >= 15 is 0 Å². The number of fused-ring (bicyclic) bond motifs is 1. The van der Waals surface area contributed by atoms with Crippen LogP contribution < -0.4 is 10.6 Å². The predicted octanol–water partition coefficient (Wildman–Crippen LogP) is 3.97. The molecule has 0 atom stereocenters. The van der Waals surface area contributed by atoms with Gasteiger partial charge in [0.1, 0.15) is 23.6 Å². The molecule has 7 nitrogen and oxygen atoms in total. The molecular weight excluding hydrogens is 407 g/mol. The van der Waals surface area contributed by atoms with Crippen molar-refractivity contribution in [3.8, 4) is 5.69 Å². The molecule has 0 aliphatic rings. The summed E-state index contributed by atoms with van der Waals surface area (Å²) in [6.45, 7) is 2.89. The Kier molecular flexibility index (Phi) is 5.58. The smallest absolute Gasteiger partial charge is 0.251 e. The molecule has 4 rings (SSSR count). The molecule has 1 amide bonds. The maximum Gasteiger partial charge on any atom is 0.251 e. The molecule has 0 spiro atoms. The summed E-state index contributed by atoms with van der Waals surface area (Å²) in [4.78, 5) is 20.6. The van der Waals surface area contributed by atoms with Gasteiger partial charge in [-0.1, -0.05) is 23.7 Å². The van der Waals surface area contributed by atoms with E-state index in [1.165, 1.54) is 17.1 Å². The quantitative estimate of drug-likeness (QED) is 0.489. The second-order valence-electron chi connectivity index (χ2n) is 6.53. The number of aromatic nitrogens is 4. The summed E-state index contributed by atoms with van der Waals surface area (Å²) in [5.41, 5.74) is 2.22. The largest absolute Gasteiger partial charge is 0.365 e. The standard InChI is InChI=1S/C21H18ClFN6O/c1-2-24-21(30)14-5-3-4-13(8-14)10-25-19-16-11-28-29(20(16)27-12-26-19)18-7-6-15(22)9-17(18)23/h3-9,11-12H,2,10H2,1H3,(H,24,30)(H,25,26,27). The number of carbonyl (C=O) groups is 1. The van der Waals surface area contributed by atoms with Crippen LogP contribution in [0.3, 0.4) is 0 Å². The minimum atomic E-state index is -0.497. The van der Waals surface area contributed by atoms with E-state index in [1.54, 1.807) is 24.4 Å². The summed E-state index contributed by atoms with van der Waals surface area (Å²) in [5, 5.41) is 11.2. The highest BCUT2D eigenvalue weighted by molar-refractivity contribution is 6.30. The minimum Gasteiger partial charge on any atom is -0.365 e. The van der Waals surface area contributed by atoms with Crippen molar-refractivity contribution in [1.82, 2.24) is 25.1 Å². The van der Waals surface area contributed by atoms with Gasteiger partial charge < -0.3 is 10.6 Å². The topological polar surface area (TPSA) is 84.7 Å². The predicted molar refractivity (Wildman–Crippen MR) is 113 cm³/mol. The molecule has 0 aliphatic heterocycles. The number of benzene rings is 2. The Morgan fingerprint density at radius 1 is 1.20 bits per heavy atom. The van der Waals surface area contributed by atoms with E-state index in [0.29, 0.717) is 40.5 Å². The zero-order chi connectivity index (χ0) is 21.1. The summed E-state index contributed by atoms with van der Waals surface area (Å²) in [7, 11) is 0. The van der Waals surface area contributed by atoms with Crippen molar-refractivity contribution in [3.05, 3.63) is 77.0 Å². The van der Waals surface area contributed by atoms with E-state index in [4.69, 9.17) is 11.6 Å². The normalized spacial score (nSPS) is 10.9. The number of amides is 1. The lowest BCUT2D eigenvalue weighted by Gasteiger charge is -2.09. The molecular formula is C21H18ClFN6O. The average Bonchev–Trinajstić information content (AvgIpc) is 3.17. The Morgan fingerprint density at radius 3 is 2.87 bits per heavy atom. The highest BCUT2D eigenvalue weighted by Crippen LogP contribution is 2.24. The molecule has 2 N–H and O–H groups in total. The van der Waals surface area contributed by atoms with Crippen LogP contribution in [0.15, 0.2) is 55.0 Å². The molecule has 2 aromatic carbocycles. The lowest BCUT2D eigenvalue weighted by atomic mass is 10.1. The molecule has 0 bridgehead atoms. The van der Waals surface area contributed by atoms with Gasteiger partial charge in [-0.2, -0.15) is 5.10 Å². The SMILES string of the molecule is CCNC(=O)c1cccc(CNc2ncnc3c2cnn3-c2ccc(Cl)cc2F)c1. The third-order valence-corrected chi connectivity index (χ3v) is 4.73. The molecule has 4 aromatic rings. The Hall–Kier alpha value is -3.52. The lowest BCUT2D eigenvalue weighted by molar-refractivity contribution is 0.0955. The monoisotopic (exact) mass is 424 g/mol. The number of nitrogens with zero attached hydrogens (tertiary/aromatic N) is 4. The minimum absolute atomic E-state index is 0.116. The lowest BCUT2D eigenvalue weighted by Crippen LogP contribution is -2.22. The fraction of sp³-hybridized carbons (Fsp3) is 0.143. The molecule has 0 unspecified atom stereocenters. The highest BCUT2D eigenvalue weighted by Gasteiger charge is 2.14. The van der Waals surface area contributed by atoms with Gasteiger partial charge in [0.25, 0.3) is 5.91 Å². The molecule has 0 radical (unpaired) electrons. The van der Waals surface area contributed by atoms with Crippen LogP contribution in [-0.4, -0.2) is 32.2 Å². The Labute approximate surface area is 176 Å². The molecule has 2 heterocycles. The van der Waals surface area contributed by atoms with E-state index in [2.05, 4.69) is 25.7 Å². The molecule has 0 saturated heterocycles. The van der Waals surface area contributed by atoms with Crippen LogP contribution >= 0.6 is 11.6 Å². The van der Waals surface area contributed by atoms with E-state index in [0.717, 1.165) is 5.56 Å². The van der Waals surface area contributed by atoms with Crippen molar-refractivity contribution in [2.24, 2.45) is 0 Å². The zero-order valence-corrected chi connectivity index (χ0v) is 16.8. The number of anilines is 1. The fourth-order valence-electron chi connectivity index (χ4n) is 3.09. The number of rotatable bonds is 6. The number of hydrogen-bond donors (Lipinski definition) is 2. The fourth-order valence-corrected chi connectivity index (χ4v) is 3.24. The third kappa shape index (κ3) is 3.95. The first-order valence-corrected chi connectivity index (χ1v) is 9.69. The first kappa shape index (κ1) is 19.8. The maximum absolute atomic E-state index is 14.3. The van der Waals surface area contributed by atoms with Gasteiger partial charge >= 0.3 is 0 Å². The Morgan fingerprint density at radius 2 is 2.07 bits per heavy atom. The second kappa shape index (κ2) is 8.46. The summed E-state index contributed by atoms with van der Waals surface area (Å²) in [5.74, 6) is -0.0538. The van der Waals surface area contributed by atoms with Gasteiger partial charge in [-0.25, -0.2) is 19.0 Å². The zero-order valence-electron chi connectivity index (χ0n) is 16.1. The van der Waals surface area contributed by atoms with E-state index in [1.807, 2.05) is 25.1 Å². The van der Waals surface area contributed by atoms with Crippen molar-refractivity contribution >= 4 is 34.4 Å². The molecule has 2 aromatic heterocycles. The number of carbonyl (C=O) groups excluding carboxylic acids is 1. The molecule has 0 aliphatic carbocycles. The molecule has 30 heavy (non-hydrogen) atoms. The van der Waals surface area contributed by atoms with Crippen LogP contribution in [0, 0.1) is 5.82 Å². The van der Waals surface area contributed by atoms with Gasteiger partial charge in [-0.3, -0.25) is 4.79 Å². The number of halogens is 2. The van der Waals surface area contributed by atoms with Crippen molar-refractivity contribution in [2.75, 3.05) is 11.9 Å². The first-order valence-electron chi connectivity index (χ1n) is 9.32. The third-order valence-electron chi connectivity index (χ3n) is 4.49. The summed E-state index contributed by atoms with van der Waals surface area (Å²) in [6.07, 6.45) is 2.97. The van der Waals surface area contributed by atoms with Gasteiger partial charge in [-0.15, -0.1) is 0 Å². The molecule has 9 heteroatoms. The van der Waals surface area contributed by atoms with Gasteiger partial charge in [0.05, 0.1) is 11.6 Å². The van der Waals surface area contributed by atoms with Gasteiger partial charge in [0, 0.05) is 23.7 Å². The van der Waals surface area contributed by atoms with Crippen LogP contribution in [-0.2, 0) is 6.54 Å². The van der Waals surface area contributed by atoms with E-state index < -0.39 is 5.82 Å². The summed E-state index contributed by atoms with van der Waals surface area (Å²) >= 11 is 5.84. The molecule has 152 valence electrons. The second-order valence-corrected chi connectivity index (χ2v) is 6.96. The van der Waals surface area contributed by atoms with Crippen LogP contribution in [0.1, 0.15) is 22.8 Å². The van der Waals surface area contributed by atoms with Crippen LogP contribution in [0.5, 0.6) is 0 Å². The highest BCUT2D eigenvalue weighted by atomic mass is 35.5. The van der Waals surface area contributed by atoms with Gasteiger partial charge in [-0.05, 0) is 42.8 Å². The van der Waals surface area contributed by atoms with Crippen LogP contribution in [0.25, 0.3) is 16.7 Å². The molecule has 0 saturated carbocycles. The van der Waals surface area contributed by atoms with Gasteiger partial charge in [0.15, 0.2) is 5.65 Å². The summed E-state index contributed by atoms with van der Waals surface area (Å²) < 4.78 is 15.7. The van der Waals surface area contributed by atoms with Crippen molar-refractivity contribution in [1.29, 1.82) is 0 Å². The average molecular weight is 425 g/mol. The van der Waals surface area contributed by atoms with Crippen LogP contribution in [0.2, 0.25) is 5.02 Å². The first-order chi connectivity index (χ1) is 14.6. The van der Waals surface area contributed by atoms with Crippen molar-refractivity contribution in [3.63, 3.8) is 0 Å². The van der Waals surface area contributed by atoms with E-state index in [9.17, 15) is 9.18 Å². The summed E-state index contributed by atoms with van der Waals surface area (Å²) in [6, 6.07) is 11.7. The van der Waals surface area contributed by atoms with Crippen molar-refractivity contribution < 1.29 is 9.18 Å². The Bertz CT molecular complexity index is 1230. The van der Waals surface area contributed by atoms with E-state index in [-0.39, 0.29) is 11.6 Å². The Balaban J connectivity index is 1.60. The van der Waals surface area contributed by atoms with Crippen molar-refractivity contribution in [2.45, 2.75) is 13.5 Å². The molecule has 0 fully saturated rings. The number of nitrogens with one attached hydrogen (secondary N) is 2.